The summed E-state index contributed by atoms with van der Waals surface area (Å²) < 4.78 is 10.6. The first-order chi connectivity index (χ1) is 8.45. The Kier molecular flexibility index (Phi) is 5.35. The zero-order chi connectivity index (χ0) is 11.8. The van der Waals surface area contributed by atoms with Gasteiger partial charge in [-0.15, -0.1) is 0 Å². The van der Waals surface area contributed by atoms with Gasteiger partial charge in [-0.05, 0) is 37.8 Å². The van der Waals surface area contributed by atoms with Crippen LogP contribution >= 0.6 is 0 Å². The smallest absolute Gasteiger partial charge is 0.125 e. The second-order valence-electron chi connectivity index (χ2n) is 4.05. The highest BCUT2D eigenvalue weighted by Crippen LogP contribution is 2.12. The highest BCUT2D eigenvalue weighted by atomic mass is 17.5. The molecule has 2 aliphatic heterocycles. The number of hydrogen-bond donors (Lipinski definition) is 0. The number of ether oxygens (including phenoxy) is 2. The summed E-state index contributed by atoms with van der Waals surface area (Å²) in [6.07, 6.45) is 11.4. The molecule has 2 atom stereocenters. The lowest BCUT2D eigenvalue weighted by molar-refractivity contribution is -0.518. The topological polar surface area (TPSA) is 46.2 Å². The molecular weight excluding hydrogens is 224 g/mol. The predicted molar refractivity (Wildman–Crippen MR) is 59.5 cm³/mol. The van der Waals surface area contributed by atoms with E-state index in [0.29, 0.717) is 13.2 Å². The summed E-state index contributed by atoms with van der Waals surface area (Å²) in [5.74, 6) is 0. The first kappa shape index (κ1) is 12.4. The van der Waals surface area contributed by atoms with Gasteiger partial charge in [0, 0.05) is 0 Å². The van der Waals surface area contributed by atoms with Crippen LogP contribution in [-0.2, 0) is 24.3 Å². The van der Waals surface area contributed by atoms with Gasteiger partial charge in [-0.1, -0.05) is 5.04 Å². The minimum Gasteiger partial charge on any atom is -0.496 e. The summed E-state index contributed by atoms with van der Waals surface area (Å²) in [5.41, 5.74) is 0. The Bertz CT molecular complexity index is 238. The molecule has 0 bridgehead atoms. The maximum absolute atomic E-state index is 5.30. The van der Waals surface area contributed by atoms with Gasteiger partial charge in [-0.25, -0.2) is 9.78 Å². The molecule has 2 heterocycles. The molecule has 5 heteroatoms. The Hall–Kier alpha value is -1.04. The van der Waals surface area contributed by atoms with Gasteiger partial charge in [0.1, 0.15) is 25.4 Å². The second-order valence-corrected chi connectivity index (χ2v) is 4.05. The molecule has 5 nitrogen and oxygen atoms in total. The molecule has 0 aromatic heterocycles. The predicted octanol–water partition coefficient (Wildman–Crippen LogP) is 2.25. The van der Waals surface area contributed by atoms with Crippen molar-refractivity contribution in [1.82, 2.24) is 0 Å². The molecule has 0 aromatic carbocycles. The average molecular weight is 242 g/mol. The molecule has 0 fully saturated rings. The molecule has 96 valence electrons. The monoisotopic (exact) mass is 242 g/mol. The van der Waals surface area contributed by atoms with Gasteiger partial charge in [0.05, 0.1) is 12.5 Å². The van der Waals surface area contributed by atoms with Gasteiger partial charge < -0.3 is 9.47 Å². The summed E-state index contributed by atoms with van der Waals surface area (Å²) in [6, 6.07) is 0. The zero-order valence-electron chi connectivity index (χ0n) is 9.75. The van der Waals surface area contributed by atoms with Gasteiger partial charge in [-0.2, -0.15) is 0 Å². The van der Waals surface area contributed by atoms with E-state index in [4.69, 9.17) is 19.2 Å². The van der Waals surface area contributed by atoms with Crippen LogP contribution in [0, 0.1) is 0 Å². The first-order valence-electron chi connectivity index (χ1n) is 5.97. The largest absolute Gasteiger partial charge is 0.496 e. The highest BCUT2D eigenvalue weighted by molar-refractivity contribution is 4.82. The molecule has 0 N–H and O–H groups in total. The normalized spacial score (nSPS) is 27.5. The summed E-state index contributed by atoms with van der Waals surface area (Å²) in [4.78, 5) is 9.82. The maximum atomic E-state index is 5.30. The lowest BCUT2D eigenvalue weighted by Gasteiger charge is -2.19. The van der Waals surface area contributed by atoms with Crippen molar-refractivity contribution in [1.29, 1.82) is 0 Å². The van der Waals surface area contributed by atoms with Crippen LogP contribution in [0.2, 0.25) is 0 Å². The van der Waals surface area contributed by atoms with Gasteiger partial charge in [0.15, 0.2) is 0 Å². The van der Waals surface area contributed by atoms with E-state index in [-0.39, 0.29) is 12.2 Å². The van der Waals surface area contributed by atoms with Gasteiger partial charge >= 0.3 is 0 Å². The van der Waals surface area contributed by atoms with E-state index >= 15 is 0 Å². The van der Waals surface area contributed by atoms with E-state index in [1.54, 1.807) is 12.5 Å². The fraction of sp³-hybridized carbons (Fsp3) is 0.667. The Morgan fingerprint density at radius 1 is 0.882 bits per heavy atom. The molecule has 0 amide bonds. The molecule has 0 spiro atoms. The number of rotatable bonds is 6. The SMILES string of the molecule is C1=COC(COOOCC2CCC=CO2)CC1. The molecule has 17 heavy (non-hydrogen) atoms. The lowest BCUT2D eigenvalue weighted by Crippen LogP contribution is -2.22. The molecule has 2 unspecified atom stereocenters. The Morgan fingerprint density at radius 2 is 1.41 bits per heavy atom. The van der Waals surface area contributed by atoms with Crippen LogP contribution in [0.4, 0.5) is 0 Å². The van der Waals surface area contributed by atoms with Crippen LogP contribution in [0.1, 0.15) is 25.7 Å². The fourth-order valence-electron chi connectivity index (χ4n) is 1.66. The van der Waals surface area contributed by atoms with Crippen molar-refractivity contribution in [3.05, 3.63) is 24.7 Å². The summed E-state index contributed by atoms with van der Waals surface area (Å²) >= 11 is 0. The van der Waals surface area contributed by atoms with Crippen LogP contribution in [0.15, 0.2) is 24.7 Å². The van der Waals surface area contributed by atoms with Gasteiger partial charge in [0.25, 0.3) is 0 Å². The highest BCUT2D eigenvalue weighted by Gasteiger charge is 2.13. The summed E-state index contributed by atoms with van der Waals surface area (Å²) in [5, 5.41) is 4.63. The third kappa shape index (κ3) is 4.77. The quantitative estimate of drug-likeness (QED) is 0.406. The molecule has 0 saturated carbocycles. The van der Waals surface area contributed by atoms with Gasteiger partial charge in [0.2, 0.25) is 0 Å². The van der Waals surface area contributed by atoms with E-state index in [0.717, 1.165) is 25.7 Å². The third-order valence-electron chi connectivity index (χ3n) is 2.65. The number of hydrogen-bond acceptors (Lipinski definition) is 5. The molecular formula is C12H18O5. The van der Waals surface area contributed by atoms with Crippen molar-refractivity contribution in [3.8, 4) is 0 Å². The van der Waals surface area contributed by atoms with Crippen LogP contribution in [0.3, 0.4) is 0 Å². The maximum Gasteiger partial charge on any atom is 0.125 e. The van der Waals surface area contributed by atoms with E-state index < -0.39 is 0 Å². The van der Waals surface area contributed by atoms with Crippen LogP contribution in [0.25, 0.3) is 0 Å². The molecule has 0 aromatic rings. The van der Waals surface area contributed by atoms with Crippen LogP contribution in [-0.4, -0.2) is 25.4 Å². The van der Waals surface area contributed by atoms with Crippen molar-refractivity contribution in [3.63, 3.8) is 0 Å². The lowest BCUT2D eigenvalue weighted by atomic mass is 10.2. The van der Waals surface area contributed by atoms with E-state index in [9.17, 15) is 0 Å². The van der Waals surface area contributed by atoms with Crippen molar-refractivity contribution >= 4 is 0 Å². The van der Waals surface area contributed by atoms with Crippen LogP contribution < -0.4 is 0 Å². The molecule has 0 radical (unpaired) electrons. The standard InChI is InChI=1S/C12H18O5/c1-3-7-13-11(5-1)9-15-17-16-10-12-6-2-4-8-14-12/h3-4,7-8,11-12H,1-2,5-6,9-10H2. The molecule has 2 rings (SSSR count). The number of allylic oxidation sites excluding steroid dienone is 2. The second kappa shape index (κ2) is 7.32. The van der Waals surface area contributed by atoms with Crippen LogP contribution in [0.5, 0.6) is 0 Å². The third-order valence-corrected chi connectivity index (χ3v) is 2.65. The van der Waals surface area contributed by atoms with E-state index in [1.165, 1.54) is 0 Å². The van der Waals surface area contributed by atoms with E-state index in [2.05, 4.69) is 5.04 Å². The van der Waals surface area contributed by atoms with Crippen molar-refractivity contribution < 1.29 is 24.3 Å². The molecule has 2 aliphatic rings. The van der Waals surface area contributed by atoms with E-state index in [1.807, 2.05) is 12.2 Å². The van der Waals surface area contributed by atoms with Crippen molar-refractivity contribution in [2.24, 2.45) is 0 Å². The molecule has 0 aliphatic carbocycles. The zero-order valence-corrected chi connectivity index (χ0v) is 9.75. The summed E-state index contributed by atoms with van der Waals surface area (Å²) in [7, 11) is 0. The first-order valence-corrected chi connectivity index (χ1v) is 5.97. The minimum absolute atomic E-state index is 0.0532. The Morgan fingerprint density at radius 3 is 1.82 bits per heavy atom. The molecule has 0 saturated heterocycles. The fourth-order valence-corrected chi connectivity index (χ4v) is 1.66. The Balaban J connectivity index is 1.46. The van der Waals surface area contributed by atoms with Gasteiger partial charge in [-0.3, -0.25) is 0 Å². The van der Waals surface area contributed by atoms with Crippen molar-refractivity contribution in [2.45, 2.75) is 37.9 Å². The Labute approximate surface area is 101 Å². The average Bonchev–Trinajstić information content (AvgIpc) is 2.41. The summed E-state index contributed by atoms with van der Waals surface area (Å²) in [6.45, 7) is 0.742. The minimum atomic E-state index is 0.0532. The van der Waals surface area contributed by atoms with Crippen molar-refractivity contribution in [2.75, 3.05) is 13.2 Å².